The van der Waals surface area contributed by atoms with Gasteiger partial charge in [0.25, 0.3) is 0 Å². The predicted octanol–water partition coefficient (Wildman–Crippen LogP) is 4.76. The molecule has 0 amide bonds. The molecule has 0 saturated carbocycles. The van der Waals surface area contributed by atoms with Crippen molar-refractivity contribution < 1.29 is 0 Å². The standard InChI is InChI=1S/C16H20/c1-3-7-13(4-2)16-11-10-14-8-5-6-9-15(14)12-16/h5-9,12H,3-4,10-11H2,1-2H3/b13-7+. The largest absolute Gasteiger partial charge is 0.0813 e. The van der Waals surface area contributed by atoms with Crippen molar-refractivity contribution in [2.75, 3.05) is 0 Å². The minimum atomic E-state index is 1.14. The van der Waals surface area contributed by atoms with E-state index in [0.29, 0.717) is 0 Å². The van der Waals surface area contributed by atoms with Gasteiger partial charge in [-0.25, -0.2) is 0 Å². The van der Waals surface area contributed by atoms with Gasteiger partial charge in [-0.3, -0.25) is 0 Å². The third-order valence-electron chi connectivity index (χ3n) is 3.29. The summed E-state index contributed by atoms with van der Waals surface area (Å²) in [5.41, 5.74) is 6.00. The van der Waals surface area contributed by atoms with Gasteiger partial charge in [0.1, 0.15) is 0 Å². The first-order valence-corrected chi connectivity index (χ1v) is 6.33. The number of benzene rings is 1. The van der Waals surface area contributed by atoms with E-state index in [4.69, 9.17) is 0 Å². The zero-order valence-electron chi connectivity index (χ0n) is 10.3. The van der Waals surface area contributed by atoms with Crippen LogP contribution >= 0.6 is 0 Å². The molecule has 1 aliphatic carbocycles. The maximum absolute atomic E-state index is 2.38. The molecule has 0 radical (unpaired) electrons. The topological polar surface area (TPSA) is 0 Å². The number of fused-ring (bicyclic) bond motifs is 1. The zero-order valence-corrected chi connectivity index (χ0v) is 10.3. The van der Waals surface area contributed by atoms with Crippen molar-refractivity contribution in [2.24, 2.45) is 0 Å². The quantitative estimate of drug-likeness (QED) is 0.677. The molecular formula is C16H20. The van der Waals surface area contributed by atoms with E-state index in [-0.39, 0.29) is 0 Å². The fourth-order valence-electron chi connectivity index (χ4n) is 2.43. The molecule has 0 heteroatoms. The van der Waals surface area contributed by atoms with Gasteiger partial charge in [-0.15, -0.1) is 0 Å². The summed E-state index contributed by atoms with van der Waals surface area (Å²) < 4.78 is 0. The number of hydrogen-bond donors (Lipinski definition) is 0. The van der Waals surface area contributed by atoms with Gasteiger partial charge in [0.2, 0.25) is 0 Å². The summed E-state index contributed by atoms with van der Waals surface area (Å²) in [5.74, 6) is 0. The van der Waals surface area contributed by atoms with Gasteiger partial charge in [0.05, 0.1) is 0 Å². The molecular weight excluding hydrogens is 192 g/mol. The van der Waals surface area contributed by atoms with E-state index in [9.17, 15) is 0 Å². The molecule has 1 aromatic rings. The van der Waals surface area contributed by atoms with Gasteiger partial charge in [0.15, 0.2) is 0 Å². The van der Waals surface area contributed by atoms with Crippen LogP contribution in [0, 0.1) is 0 Å². The molecule has 0 N–H and O–H groups in total. The van der Waals surface area contributed by atoms with Crippen LogP contribution in [0.3, 0.4) is 0 Å². The Balaban J connectivity index is 2.33. The van der Waals surface area contributed by atoms with Crippen LogP contribution in [-0.2, 0) is 6.42 Å². The van der Waals surface area contributed by atoms with Gasteiger partial charge in [-0.2, -0.15) is 0 Å². The number of aryl methyl sites for hydroxylation is 1. The molecule has 0 aliphatic heterocycles. The van der Waals surface area contributed by atoms with E-state index < -0.39 is 0 Å². The lowest BCUT2D eigenvalue weighted by Gasteiger charge is -2.18. The summed E-state index contributed by atoms with van der Waals surface area (Å²) in [7, 11) is 0. The van der Waals surface area contributed by atoms with Crippen LogP contribution in [0.15, 0.2) is 41.5 Å². The fraction of sp³-hybridized carbons (Fsp3) is 0.375. The van der Waals surface area contributed by atoms with Crippen LogP contribution in [0.2, 0.25) is 0 Å². The maximum atomic E-state index is 2.38. The first-order chi connectivity index (χ1) is 7.85. The Kier molecular flexibility index (Phi) is 3.61. The fourth-order valence-corrected chi connectivity index (χ4v) is 2.43. The molecule has 0 heterocycles. The second-order valence-electron chi connectivity index (χ2n) is 4.36. The number of hydrogen-bond acceptors (Lipinski definition) is 0. The number of rotatable bonds is 3. The molecule has 1 aromatic carbocycles. The van der Waals surface area contributed by atoms with Gasteiger partial charge in [-0.1, -0.05) is 50.3 Å². The van der Waals surface area contributed by atoms with E-state index >= 15 is 0 Å². The minimum Gasteiger partial charge on any atom is -0.0813 e. The highest BCUT2D eigenvalue weighted by Gasteiger charge is 2.11. The average molecular weight is 212 g/mol. The SMILES string of the molecule is CC/C=C(\CC)C1=Cc2ccccc2CC1. The zero-order chi connectivity index (χ0) is 11.4. The van der Waals surface area contributed by atoms with E-state index in [2.05, 4.69) is 50.3 Å². The van der Waals surface area contributed by atoms with Crippen LogP contribution in [0.1, 0.15) is 44.2 Å². The third-order valence-corrected chi connectivity index (χ3v) is 3.29. The van der Waals surface area contributed by atoms with Crippen molar-refractivity contribution >= 4 is 6.08 Å². The third kappa shape index (κ3) is 2.27. The first-order valence-electron chi connectivity index (χ1n) is 6.33. The monoisotopic (exact) mass is 212 g/mol. The molecule has 0 unspecified atom stereocenters. The van der Waals surface area contributed by atoms with Gasteiger partial charge in [0, 0.05) is 0 Å². The Hall–Kier alpha value is -1.30. The highest BCUT2D eigenvalue weighted by Crippen LogP contribution is 2.29. The van der Waals surface area contributed by atoms with Crippen molar-refractivity contribution in [3.63, 3.8) is 0 Å². The lowest BCUT2D eigenvalue weighted by molar-refractivity contribution is 0.906. The smallest absolute Gasteiger partial charge is 0.0222 e. The van der Waals surface area contributed by atoms with Gasteiger partial charge in [-0.05, 0) is 48.0 Å². The Bertz CT molecular complexity index is 421. The van der Waals surface area contributed by atoms with Crippen molar-refractivity contribution in [3.8, 4) is 0 Å². The summed E-state index contributed by atoms with van der Waals surface area (Å²) in [6, 6.07) is 8.75. The summed E-state index contributed by atoms with van der Waals surface area (Å²) in [5, 5.41) is 0. The molecule has 0 fully saturated rings. The molecule has 0 aromatic heterocycles. The van der Waals surface area contributed by atoms with Crippen LogP contribution in [0.25, 0.3) is 6.08 Å². The molecule has 84 valence electrons. The summed E-state index contributed by atoms with van der Waals surface area (Å²) in [6.45, 7) is 4.47. The Morgan fingerprint density at radius 1 is 1.19 bits per heavy atom. The van der Waals surface area contributed by atoms with E-state index in [1.54, 1.807) is 5.57 Å². The van der Waals surface area contributed by atoms with E-state index in [0.717, 1.165) is 12.8 Å². The molecule has 16 heavy (non-hydrogen) atoms. The molecule has 0 spiro atoms. The molecule has 0 nitrogen and oxygen atoms in total. The first kappa shape index (κ1) is 11.2. The van der Waals surface area contributed by atoms with Crippen molar-refractivity contribution in [2.45, 2.75) is 39.5 Å². The number of allylic oxidation sites excluding steroid dienone is 3. The second-order valence-corrected chi connectivity index (χ2v) is 4.36. The Morgan fingerprint density at radius 3 is 2.75 bits per heavy atom. The summed E-state index contributed by atoms with van der Waals surface area (Å²) >= 11 is 0. The van der Waals surface area contributed by atoms with Crippen molar-refractivity contribution in [1.82, 2.24) is 0 Å². The predicted molar refractivity (Wildman–Crippen MR) is 71.4 cm³/mol. The normalized spacial score (nSPS) is 15.6. The van der Waals surface area contributed by atoms with Gasteiger partial charge < -0.3 is 0 Å². The second kappa shape index (κ2) is 5.16. The maximum Gasteiger partial charge on any atom is -0.0222 e. The highest BCUT2D eigenvalue weighted by atomic mass is 14.2. The average Bonchev–Trinajstić information content (AvgIpc) is 2.35. The molecule has 0 atom stereocenters. The molecule has 0 saturated heterocycles. The van der Waals surface area contributed by atoms with Crippen LogP contribution in [0.5, 0.6) is 0 Å². The van der Waals surface area contributed by atoms with E-state index in [1.165, 1.54) is 29.5 Å². The molecule has 0 bridgehead atoms. The lowest BCUT2D eigenvalue weighted by atomic mass is 9.87. The summed E-state index contributed by atoms with van der Waals surface area (Å²) in [4.78, 5) is 0. The van der Waals surface area contributed by atoms with Gasteiger partial charge >= 0.3 is 0 Å². The molecule has 1 aliphatic rings. The van der Waals surface area contributed by atoms with Crippen LogP contribution in [-0.4, -0.2) is 0 Å². The lowest BCUT2D eigenvalue weighted by Crippen LogP contribution is -2.01. The van der Waals surface area contributed by atoms with Crippen LogP contribution < -0.4 is 0 Å². The van der Waals surface area contributed by atoms with E-state index in [1.807, 2.05) is 0 Å². The minimum absolute atomic E-state index is 1.14. The van der Waals surface area contributed by atoms with Crippen LogP contribution in [0.4, 0.5) is 0 Å². The van der Waals surface area contributed by atoms with Crippen molar-refractivity contribution in [1.29, 1.82) is 0 Å². The summed E-state index contributed by atoms with van der Waals surface area (Å²) in [6.07, 6.45) is 9.45. The Morgan fingerprint density at radius 2 is 2.00 bits per heavy atom. The molecule has 2 rings (SSSR count). The Labute approximate surface area is 98.7 Å². The highest BCUT2D eigenvalue weighted by molar-refractivity contribution is 5.63. The van der Waals surface area contributed by atoms with Crippen molar-refractivity contribution in [3.05, 3.63) is 52.6 Å².